The van der Waals surface area contributed by atoms with Gasteiger partial charge in [-0.25, -0.2) is 0 Å². The Labute approximate surface area is 81.9 Å². The molecule has 76 valence electrons. The van der Waals surface area contributed by atoms with Crippen molar-refractivity contribution in [1.29, 1.82) is 0 Å². The minimum Gasteiger partial charge on any atom is -0.300 e. The van der Waals surface area contributed by atoms with E-state index in [1.165, 1.54) is 6.42 Å². The number of hydrogen-bond acceptors (Lipinski definition) is 1. The molecule has 3 unspecified atom stereocenters. The van der Waals surface area contributed by atoms with E-state index >= 15 is 0 Å². The summed E-state index contributed by atoms with van der Waals surface area (Å²) < 4.78 is 0. The van der Waals surface area contributed by atoms with Crippen molar-refractivity contribution in [2.24, 2.45) is 23.7 Å². The summed E-state index contributed by atoms with van der Waals surface area (Å²) in [6.45, 7) is 8.99. The average Bonchev–Trinajstić information content (AvgIpc) is 2.02. The molecule has 0 aromatic carbocycles. The highest BCUT2D eigenvalue weighted by molar-refractivity contribution is 5.79. The minimum atomic E-state index is 0.482. The Hall–Kier alpha value is -0.330. The van der Waals surface area contributed by atoms with Crippen LogP contribution in [0, 0.1) is 23.7 Å². The molecule has 1 heteroatoms. The molecular weight excluding hydrogens is 160 g/mol. The van der Waals surface area contributed by atoms with E-state index in [2.05, 4.69) is 27.7 Å². The molecule has 0 saturated heterocycles. The average molecular weight is 182 g/mol. The first-order valence-electron chi connectivity index (χ1n) is 5.58. The van der Waals surface area contributed by atoms with Crippen molar-refractivity contribution < 1.29 is 4.79 Å². The molecule has 0 bridgehead atoms. The standard InChI is InChI=1S/C12H22O/c1-5-11-9(4)6-10(13)7-12(11)8(2)3/h8-9,11-12H,5-7H2,1-4H3. The van der Waals surface area contributed by atoms with Crippen LogP contribution in [0.3, 0.4) is 0 Å². The van der Waals surface area contributed by atoms with Gasteiger partial charge in [-0.1, -0.05) is 34.1 Å². The topological polar surface area (TPSA) is 17.1 Å². The van der Waals surface area contributed by atoms with E-state index in [0.29, 0.717) is 23.5 Å². The predicted octanol–water partition coefficient (Wildman–Crippen LogP) is 3.28. The zero-order valence-electron chi connectivity index (χ0n) is 9.34. The molecule has 13 heavy (non-hydrogen) atoms. The third-order valence-electron chi connectivity index (χ3n) is 3.62. The summed E-state index contributed by atoms with van der Waals surface area (Å²) >= 11 is 0. The predicted molar refractivity (Wildman–Crippen MR) is 55.5 cm³/mol. The second-order valence-corrected chi connectivity index (χ2v) is 4.90. The largest absolute Gasteiger partial charge is 0.300 e. The summed E-state index contributed by atoms with van der Waals surface area (Å²) in [6.07, 6.45) is 2.89. The van der Waals surface area contributed by atoms with Gasteiger partial charge in [0.25, 0.3) is 0 Å². The third-order valence-corrected chi connectivity index (χ3v) is 3.62. The Morgan fingerprint density at radius 2 is 2.00 bits per heavy atom. The van der Waals surface area contributed by atoms with Gasteiger partial charge in [-0.15, -0.1) is 0 Å². The van der Waals surface area contributed by atoms with Gasteiger partial charge in [-0.3, -0.25) is 4.79 Å². The first kappa shape index (κ1) is 10.7. The fourth-order valence-corrected chi connectivity index (χ4v) is 2.87. The highest BCUT2D eigenvalue weighted by atomic mass is 16.1. The molecule has 0 aromatic heterocycles. The van der Waals surface area contributed by atoms with Gasteiger partial charge in [0.15, 0.2) is 0 Å². The molecule has 0 amide bonds. The van der Waals surface area contributed by atoms with Crippen molar-refractivity contribution in [3.63, 3.8) is 0 Å². The van der Waals surface area contributed by atoms with Crippen molar-refractivity contribution in [2.45, 2.75) is 47.0 Å². The van der Waals surface area contributed by atoms with Gasteiger partial charge in [-0.2, -0.15) is 0 Å². The Bertz CT molecular complexity index is 184. The summed E-state index contributed by atoms with van der Waals surface area (Å²) in [6, 6.07) is 0. The normalized spacial score (nSPS) is 35.5. The van der Waals surface area contributed by atoms with Crippen molar-refractivity contribution in [1.82, 2.24) is 0 Å². The molecule has 0 spiro atoms. The van der Waals surface area contributed by atoms with Crippen molar-refractivity contribution in [2.75, 3.05) is 0 Å². The summed E-state index contributed by atoms with van der Waals surface area (Å²) in [5, 5.41) is 0. The Kier molecular flexibility index (Phi) is 3.52. The maximum Gasteiger partial charge on any atom is 0.133 e. The summed E-state index contributed by atoms with van der Waals surface area (Å²) in [5.74, 6) is 3.17. The van der Waals surface area contributed by atoms with E-state index in [4.69, 9.17) is 0 Å². The molecule has 0 heterocycles. The molecule has 1 nitrogen and oxygen atoms in total. The minimum absolute atomic E-state index is 0.482. The van der Waals surface area contributed by atoms with Crippen LogP contribution in [-0.4, -0.2) is 5.78 Å². The SMILES string of the molecule is CCC1C(C)CC(=O)CC1C(C)C. The van der Waals surface area contributed by atoms with Crippen molar-refractivity contribution >= 4 is 5.78 Å². The Balaban J connectivity index is 2.71. The summed E-state index contributed by atoms with van der Waals surface area (Å²) in [5.41, 5.74) is 0. The van der Waals surface area contributed by atoms with Crippen LogP contribution in [0.2, 0.25) is 0 Å². The molecule has 0 N–H and O–H groups in total. The number of ketones is 1. The van der Waals surface area contributed by atoms with Crippen LogP contribution in [0.15, 0.2) is 0 Å². The zero-order valence-corrected chi connectivity index (χ0v) is 9.34. The van der Waals surface area contributed by atoms with Crippen molar-refractivity contribution in [3.8, 4) is 0 Å². The van der Waals surface area contributed by atoms with Gasteiger partial charge in [0, 0.05) is 12.8 Å². The van der Waals surface area contributed by atoms with Gasteiger partial charge in [0.1, 0.15) is 5.78 Å². The number of hydrogen-bond donors (Lipinski definition) is 0. The highest BCUT2D eigenvalue weighted by Gasteiger charge is 2.34. The van der Waals surface area contributed by atoms with Crippen molar-refractivity contribution in [3.05, 3.63) is 0 Å². The molecule has 1 aliphatic rings. The monoisotopic (exact) mass is 182 g/mol. The number of Topliss-reactive ketones (excluding diaryl/α,β-unsaturated/α-hetero) is 1. The zero-order chi connectivity index (χ0) is 10.0. The lowest BCUT2D eigenvalue weighted by Crippen LogP contribution is -2.34. The molecule has 1 fully saturated rings. The first-order chi connectivity index (χ1) is 6.06. The molecule has 1 rings (SSSR count). The van der Waals surface area contributed by atoms with Crippen LogP contribution in [0.5, 0.6) is 0 Å². The van der Waals surface area contributed by atoms with Crippen LogP contribution >= 0.6 is 0 Å². The van der Waals surface area contributed by atoms with E-state index in [1.54, 1.807) is 0 Å². The number of carbonyl (C=O) groups is 1. The lowest BCUT2D eigenvalue weighted by molar-refractivity contribution is -0.125. The van der Waals surface area contributed by atoms with Crippen LogP contribution in [0.1, 0.15) is 47.0 Å². The van der Waals surface area contributed by atoms with E-state index in [-0.39, 0.29) is 0 Å². The molecule has 1 saturated carbocycles. The van der Waals surface area contributed by atoms with Crippen LogP contribution in [0.25, 0.3) is 0 Å². The second-order valence-electron chi connectivity index (χ2n) is 4.90. The molecule has 0 aliphatic heterocycles. The van der Waals surface area contributed by atoms with Crippen LogP contribution < -0.4 is 0 Å². The fraction of sp³-hybridized carbons (Fsp3) is 0.917. The fourth-order valence-electron chi connectivity index (χ4n) is 2.87. The van der Waals surface area contributed by atoms with Gasteiger partial charge in [0.2, 0.25) is 0 Å². The summed E-state index contributed by atoms with van der Waals surface area (Å²) in [7, 11) is 0. The van der Waals surface area contributed by atoms with Gasteiger partial charge >= 0.3 is 0 Å². The lowest BCUT2D eigenvalue weighted by Gasteiger charge is -2.37. The smallest absolute Gasteiger partial charge is 0.133 e. The van der Waals surface area contributed by atoms with Crippen LogP contribution in [0.4, 0.5) is 0 Å². The van der Waals surface area contributed by atoms with Crippen LogP contribution in [-0.2, 0) is 4.79 Å². The van der Waals surface area contributed by atoms with Gasteiger partial charge in [-0.05, 0) is 23.7 Å². The summed E-state index contributed by atoms with van der Waals surface area (Å²) in [4.78, 5) is 11.4. The van der Waals surface area contributed by atoms with Gasteiger partial charge in [0.05, 0.1) is 0 Å². The number of carbonyl (C=O) groups excluding carboxylic acids is 1. The number of rotatable bonds is 2. The molecule has 3 atom stereocenters. The maximum atomic E-state index is 11.4. The Morgan fingerprint density at radius 3 is 2.46 bits per heavy atom. The highest BCUT2D eigenvalue weighted by Crippen LogP contribution is 2.38. The lowest BCUT2D eigenvalue weighted by atomic mass is 9.67. The van der Waals surface area contributed by atoms with E-state index in [0.717, 1.165) is 18.8 Å². The molecule has 0 radical (unpaired) electrons. The van der Waals surface area contributed by atoms with E-state index < -0.39 is 0 Å². The quantitative estimate of drug-likeness (QED) is 0.640. The first-order valence-corrected chi connectivity index (χ1v) is 5.58. The van der Waals surface area contributed by atoms with E-state index in [9.17, 15) is 4.79 Å². The van der Waals surface area contributed by atoms with E-state index in [1.807, 2.05) is 0 Å². The molecular formula is C12H22O. The van der Waals surface area contributed by atoms with Gasteiger partial charge < -0.3 is 0 Å². The molecule has 1 aliphatic carbocycles. The maximum absolute atomic E-state index is 11.4. The third kappa shape index (κ3) is 2.32. The Morgan fingerprint density at radius 1 is 1.38 bits per heavy atom. The molecule has 0 aromatic rings. The second kappa shape index (κ2) is 4.26.